The number of hydrogen-bond acceptors (Lipinski definition) is 3. The van der Waals surface area contributed by atoms with Crippen LogP contribution in [0.5, 0.6) is 5.75 Å². The Morgan fingerprint density at radius 3 is 3.00 bits per heavy atom. The van der Waals surface area contributed by atoms with Gasteiger partial charge in [0.2, 0.25) is 0 Å². The molecule has 1 amide bonds. The van der Waals surface area contributed by atoms with Crippen molar-refractivity contribution in [3.05, 3.63) is 16.3 Å². The summed E-state index contributed by atoms with van der Waals surface area (Å²) in [6.45, 7) is 0.694. The first-order valence-corrected chi connectivity index (χ1v) is 6.13. The first kappa shape index (κ1) is 11.5. The maximum atomic E-state index is 11.8. The lowest BCUT2D eigenvalue weighted by Crippen LogP contribution is -2.27. The first-order valence-electron chi connectivity index (χ1n) is 4.13. The van der Waals surface area contributed by atoms with Crippen LogP contribution in [0.3, 0.4) is 0 Å². The Morgan fingerprint density at radius 1 is 1.71 bits per heavy atom. The van der Waals surface area contributed by atoms with Crippen molar-refractivity contribution in [1.82, 2.24) is 4.90 Å². The van der Waals surface area contributed by atoms with E-state index in [1.807, 2.05) is 5.38 Å². The van der Waals surface area contributed by atoms with Gasteiger partial charge in [0.05, 0.1) is 7.11 Å². The van der Waals surface area contributed by atoms with Crippen molar-refractivity contribution in [3.8, 4) is 5.75 Å². The highest BCUT2D eigenvalue weighted by Crippen LogP contribution is 2.25. The van der Waals surface area contributed by atoms with Gasteiger partial charge >= 0.3 is 0 Å². The summed E-state index contributed by atoms with van der Waals surface area (Å²) >= 11 is 4.70. The maximum Gasteiger partial charge on any atom is 0.267 e. The molecule has 1 aromatic rings. The van der Waals surface area contributed by atoms with E-state index in [-0.39, 0.29) is 5.91 Å². The topological polar surface area (TPSA) is 29.5 Å². The first-order chi connectivity index (χ1) is 6.70. The number of rotatable bonds is 4. The highest BCUT2D eigenvalue weighted by Gasteiger charge is 2.17. The number of carbonyl (C=O) groups is 1. The average molecular weight is 278 g/mol. The van der Waals surface area contributed by atoms with Crippen LogP contribution in [0, 0.1) is 0 Å². The largest absolute Gasteiger partial charge is 0.495 e. The van der Waals surface area contributed by atoms with Crippen molar-refractivity contribution in [2.24, 2.45) is 0 Å². The molecule has 0 radical (unpaired) electrons. The normalized spacial score (nSPS) is 9.93. The van der Waals surface area contributed by atoms with E-state index in [0.29, 0.717) is 17.2 Å². The second kappa shape index (κ2) is 5.36. The van der Waals surface area contributed by atoms with Crippen LogP contribution in [0.4, 0.5) is 0 Å². The fourth-order valence-electron chi connectivity index (χ4n) is 1.02. The van der Waals surface area contributed by atoms with Gasteiger partial charge in [0.15, 0.2) is 0 Å². The SMILES string of the molecule is COc1ccsc1C(=O)N(C)CCBr. The molecule has 5 heteroatoms. The third-order valence-electron chi connectivity index (χ3n) is 1.81. The summed E-state index contributed by atoms with van der Waals surface area (Å²) in [4.78, 5) is 14.1. The molecular weight excluding hydrogens is 266 g/mol. The molecule has 0 atom stereocenters. The highest BCUT2D eigenvalue weighted by molar-refractivity contribution is 9.09. The lowest BCUT2D eigenvalue weighted by Gasteiger charge is -2.14. The smallest absolute Gasteiger partial charge is 0.267 e. The van der Waals surface area contributed by atoms with E-state index in [1.165, 1.54) is 11.3 Å². The van der Waals surface area contributed by atoms with Crippen molar-refractivity contribution < 1.29 is 9.53 Å². The minimum Gasteiger partial charge on any atom is -0.495 e. The number of ether oxygens (including phenoxy) is 1. The summed E-state index contributed by atoms with van der Waals surface area (Å²) in [5, 5.41) is 2.64. The molecule has 1 rings (SSSR count). The molecule has 0 fully saturated rings. The van der Waals surface area contributed by atoms with Crippen molar-refractivity contribution in [1.29, 1.82) is 0 Å². The molecule has 78 valence electrons. The molecule has 0 aliphatic carbocycles. The number of halogens is 1. The van der Waals surface area contributed by atoms with E-state index >= 15 is 0 Å². The molecule has 3 nitrogen and oxygen atoms in total. The number of nitrogens with zero attached hydrogens (tertiary/aromatic N) is 1. The van der Waals surface area contributed by atoms with Gasteiger partial charge in [-0.2, -0.15) is 0 Å². The van der Waals surface area contributed by atoms with Gasteiger partial charge < -0.3 is 9.64 Å². The third kappa shape index (κ3) is 2.48. The van der Waals surface area contributed by atoms with E-state index in [9.17, 15) is 4.79 Å². The van der Waals surface area contributed by atoms with Gasteiger partial charge in [-0.05, 0) is 11.4 Å². The molecule has 0 saturated carbocycles. The Kier molecular flexibility index (Phi) is 4.41. The van der Waals surface area contributed by atoms with E-state index in [2.05, 4.69) is 15.9 Å². The van der Waals surface area contributed by atoms with Crippen LogP contribution in [0.15, 0.2) is 11.4 Å². The fourth-order valence-corrected chi connectivity index (χ4v) is 2.40. The summed E-state index contributed by atoms with van der Waals surface area (Å²) < 4.78 is 5.09. The summed E-state index contributed by atoms with van der Waals surface area (Å²) in [7, 11) is 3.35. The van der Waals surface area contributed by atoms with Gasteiger partial charge in [0, 0.05) is 18.9 Å². The monoisotopic (exact) mass is 277 g/mol. The van der Waals surface area contributed by atoms with E-state index < -0.39 is 0 Å². The van der Waals surface area contributed by atoms with E-state index in [4.69, 9.17) is 4.74 Å². The van der Waals surface area contributed by atoms with Gasteiger partial charge in [-0.1, -0.05) is 15.9 Å². The zero-order chi connectivity index (χ0) is 10.6. The lowest BCUT2D eigenvalue weighted by molar-refractivity contribution is 0.0806. The maximum absolute atomic E-state index is 11.8. The zero-order valence-corrected chi connectivity index (χ0v) is 10.5. The van der Waals surface area contributed by atoms with E-state index in [1.54, 1.807) is 25.1 Å². The predicted octanol–water partition coefficient (Wildman–Crippen LogP) is 2.22. The molecule has 0 aliphatic rings. The Balaban J connectivity index is 2.78. The van der Waals surface area contributed by atoms with Crippen molar-refractivity contribution in [2.75, 3.05) is 26.0 Å². The van der Waals surface area contributed by atoms with Crippen molar-refractivity contribution in [3.63, 3.8) is 0 Å². The molecule has 0 N–H and O–H groups in total. The van der Waals surface area contributed by atoms with Gasteiger partial charge in [-0.15, -0.1) is 11.3 Å². The van der Waals surface area contributed by atoms with Crippen molar-refractivity contribution in [2.45, 2.75) is 0 Å². The predicted molar refractivity (Wildman–Crippen MR) is 61.6 cm³/mol. The fraction of sp³-hybridized carbons (Fsp3) is 0.444. The second-order valence-electron chi connectivity index (χ2n) is 2.73. The number of alkyl halides is 1. The van der Waals surface area contributed by atoms with Gasteiger partial charge in [-0.25, -0.2) is 0 Å². The molecule has 1 heterocycles. The molecule has 1 aromatic heterocycles. The third-order valence-corrected chi connectivity index (χ3v) is 3.05. The number of methoxy groups -OCH3 is 1. The second-order valence-corrected chi connectivity index (χ2v) is 4.44. The molecule has 0 aliphatic heterocycles. The van der Waals surface area contributed by atoms with Crippen LogP contribution < -0.4 is 4.74 Å². The molecule has 14 heavy (non-hydrogen) atoms. The highest BCUT2D eigenvalue weighted by atomic mass is 79.9. The Bertz CT molecular complexity index is 314. The Hall–Kier alpha value is -0.550. The standard InChI is InChI=1S/C9H12BrNO2S/c1-11(5-4-10)9(12)8-7(13-2)3-6-14-8/h3,6H,4-5H2,1-2H3. The van der Waals surface area contributed by atoms with Gasteiger partial charge in [0.1, 0.15) is 10.6 Å². The Labute approximate surface area is 95.8 Å². The molecule has 0 unspecified atom stereocenters. The number of hydrogen-bond donors (Lipinski definition) is 0. The van der Waals surface area contributed by atoms with Crippen LogP contribution in [-0.2, 0) is 0 Å². The van der Waals surface area contributed by atoms with E-state index in [0.717, 1.165) is 5.33 Å². The summed E-state index contributed by atoms with van der Waals surface area (Å²) in [6, 6.07) is 1.81. The summed E-state index contributed by atoms with van der Waals surface area (Å²) in [5.74, 6) is 0.665. The van der Waals surface area contributed by atoms with Crippen LogP contribution in [0.25, 0.3) is 0 Å². The summed E-state index contributed by atoms with van der Waals surface area (Å²) in [6.07, 6.45) is 0. The molecule has 0 aromatic carbocycles. The average Bonchev–Trinajstić information content (AvgIpc) is 2.64. The zero-order valence-electron chi connectivity index (χ0n) is 8.12. The Morgan fingerprint density at radius 2 is 2.43 bits per heavy atom. The quantitative estimate of drug-likeness (QED) is 0.790. The van der Waals surface area contributed by atoms with Crippen LogP contribution in [-0.4, -0.2) is 36.8 Å². The minimum absolute atomic E-state index is 0.0105. The van der Waals surface area contributed by atoms with Crippen LogP contribution in [0.2, 0.25) is 0 Å². The van der Waals surface area contributed by atoms with Gasteiger partial charge in [-0.3, -0.25) is 4.79 Å². The molecule has 0 bridgehead atoms. The molecule has 0 spiro atoms. The molecular formula is C9H12BrNO2S. The number of carbonyl (C=O) groups excluding carboxylic acids is 1. The summed E-state index contributed by atoms with van der Waals surface area (Å²) in [5.41, 5.74) is 0. The van der Waals surface area contributed by atoms with Crippen molar-refractivity contribution >= 4 is 33.2 Å². The minimum atomic E-state index is 0.0105. The number of amides is 1. The van der Waals surface area contributed by atoms with Crippen LogP contribution in [0.1, 0.15) is 9.67 Å². The number of thiophene rings is 1. The molecule has 0 saturated heterocycles. The van der Waals surface area contributed by atoms with Gasteiger partial charge in [0.25, 0.3) is 5.91 Å². The van der Waals surface area contributed by atoms with Crippen LogP contribution >= 0.6 is 27.3 Å². The lowest BCUT2D eigenvalue weighted by atomic mass is 10.4.